The van der Waals surface area contributed by atoms with Crippen molar-refractivity contribution in [3.8, 4) is 11.5 Å². The molecule has 3 heteroatoms. The molecule has 0 spiro atoms. The van der Waals surface area contributed by atoms with Gasteiger partial charge in [-0.2, -0.15) is 0 Å². The summed E-state index contributed by atoms with van der Waals surface area (Å²) in [7, 11) is 0. The van der Waals surface area contributed by atoms with Crippen LogP contribution in [0.4, 0.5) is 4.39 Å². The number of aromatic hydroxyl groups is 2. The lowest BCUT2D eigenvalue weighted by atomic mass is 9.83. The molecule has 0 aromatic heterocycles. The van der Waals surface area contributed by atoms with Crippen LogP contribution in [0.3, 0.4) is 0 Å². The fraction of sp³-hybridized carbons (Fsp3) is 0.500. The lowest BCUT2D eigenvalue weighted by molar-refractivity contribution is 0.392. The molecule has 1 saturated carbocycles. The van der Waals surface area contributed by atoms with Crippen molar-refractivity contribution in [2.24, 2.45) is 0 Å². The maximum Gasteiger partial charge on any atom is 0.134 e. The normalized spacial score (nSPS) is 17.9. The van der Waals surface area contributed by atoms with Crippen molar-refractivity contribution in [3.05, 3.63) is 23.5 Å². The van der Waals surface area contributed by atoms with Crippen LogP contribution in [0.5, 0.6) is 11.5 Å². The van der Waals surface area contributed by atoms with Gasteiger partial charge in [-0.25, -0.2) is 4.39 Å². The first-order valence-corrected chi connectivity index (χ1v) is 5.40. The molecule has 0 aliphatic heterocycles. The third kappa shape index (κ3) is 2.06. The van der Waals surface area contributed by atoms with Crippen molar-refractivity contribution in [1.29, 1.82) is 0 Å². The van der Waals surface area contributed by atoms with Crippen LogP contribution in [-0.4, -0.2) is 10.2 Å². The van der Waals surface area contributed by atoms with Crippen molar-refractivity contribution in [1.82, 2.24) is 0 Å². The van der Waals surface area contributed by atoms with Crippen LogP contribution in [0, 0.1) is 5.82 Å². The molecule has 1 aliphatic rings. The van der Waals surface area contributed by atoms with E-state index < -0.39 is 5.82 Å². The molecular formula is C12H15FO2. The Bertz CT molecular complexity index is 334. The van der Waals surface area contributed by atoms with E-state index in [0.29, 0.717) is 5.56 Å². The zero-order valence-electron chi connectivity index (χ0n) is 8.54. The summed E-state index contributed by atoms with van der Waals surface area (Å²) in [6.45, 7) is 0. The second-order valence-corrected chi connectivity index (χ2v) is 4.20. The summed E-state index contributed by atoms with van der Waals surface area (Å²) in [5, 5.41) is 18.7. The van der Waals surface area contributed by atoms with Crippen LogP contribution in [-0.2, 0) is 0 Å². The summed E-state index contributed by atoms with van der Waals surface area (Å²) < 4.78 is 13.6. The minimum atomic E-state index is -0.487. The highest BCUT2D eigenvalue weighted by atomic mass is 19.1. The second kappa shape index (κ2) is 4.09. The van der Waals surface area contributed by atoms with Crippen LogP contribution < -0.4 is 0 Å². The molecule has 1 aromatic rings. The molecule has 2 rings (SSSR count). The fourth-order valence-electron chi connectivity index (χ4n) is 2.38. The fourth-order valence-corrected chi connectivity index (χ4v) is 2.38. The predicted octanol–water partition coefficient (Wildman–Crippen LogP) is 3.28. The van der Waals surface area contributed by atoms with Gasteiger partial charge in [0.05, 0.1) is 0 Å². The monoisotopic (exact) mass is 210 g/mol. The maximum absolute atomic E-state index is 13.6. The van der Waals surface area contributed by atoms with Gasteiger partial charge in [0.2, 0.25) is 0 Å². The Balaban J connectivity index is 2.33. The van der Waals surface area contributed by atoms with E-state index >= 15 is 0 Å². The van der Waals surface area contributed by atoms with Gasteiger partial charge in [0.25, 0.3) is 0 Å². The summed E-state index contributed by atoms with van der Waals surface area (Å²) in [6, 6.07) is 2.29. The van der Waals surface area contributed by atoms with Gasteiger partial charge in [-0.1, -0.05) is 19.3 Å². The molecule has 0 heterocycles. The highest BCUT2D eigenvalue weighted by Gasteiger charge is 2.22. The molecule has 1 aliphatic carbocycles. The maximum atomic E-state index is 13.6. The topological polar surface area (TPSA) is 40.5 Å². The van der Waals surface area contributed by atoms with E-state index in [9.17, 15) is 9.50 Å². The van der Waals surface area contributed by atoms with E-state index in [1.807, 2.05) is 0 Å². The van der Waals surface area contributed by atoms with E-state index in [-0.39, 0.29) is 17.4 Å². The van der Waals surface area contributed by atoms with E-state index in [2.05, 4.69) is 0 Å². The van der Waals surface area contributed by atoms with Gasteiger partial charge in [-0.05, 0) is 18.8 Å². The Morgan fingerprint density at radius 1 is 1.07 bits per heavy atom. The number of phenols is 2. The Kier molecular flexibility index (Phi) is 2.80. The molecule has 2 nitrogen and oxygen atoms in total. The molecule has 0 bridgehead atoms. The minimum absolute atomic E-state index is 0.111. The van der Waals surface area contributed by atoms with Crippen molar-refractivity contribution in [3.63, 3.8) is 0 Å². The molecule has 0 unspecified atom stereocenters. The summed E-state index contributed by atoms with van der Waals surface area (Å²) in [5.41, 5.74) is 0.382. The van der Waals surface area contributed by atoms with Gasteiger partial charge in [-0.15, -0.1) is 0 Å². The van der Waals surface area contributed by atoms with Crippen LogP contribution in [0.25, 0.3) is 0 Å². The lowest BCUT2D eigenvalue weighted by Crippen LogP contribution is -2.06. The molecule has 1 fully saturated rings. The first-order valence-electron chi connectivity index (χ1n) is 5.40. The Morgan fingerprint density at radius 2 is 1.73 bits per heavy atom. The van der Waals surface area contributed by atoms with Crippen LogP contribution in [0.15, 0.2) is 12.1 Å². The summed E-state index contributed by atoms with van der Waals surface area (Å²) in [6.07, 6.45) is 5.22. The van der Waals surface area contributed by atoms with Crippen molar-refractivity contribution >= 4 is 0 Å². The largest absolute Gasteiger partial charge is 0.508 e. The van der Waals surface area contributed by atoms with E-state index in [1.54, 1.807) is 0 Å². The summed E-state index contributed by atoms with van der Waals surface area (Å²) >= 11 is 0. The van der Waals surface area contributed by atoms with Crippen molar-refractivity contribution < 1.29 is 14.6 Å². The van der Waals surface area contributed by atoms with Gasteiger partial charge in [-0.3, -0.25) is 0 Å². The molecule has 82 valence electrons. The number of phenolic OH excluding ortho intramolecular Hbond substituents is 2. The van der Waals surface area contributed by atoms with Gasteiger partial charge in [0.15, 0.2) is 0 Å². The van der Waals surface area contributed by atoms with Gasteiger partial charge < -0.3 is 10.2 Å². The van der Waals surface area contributed by atoms with Crippen molar-refractivity contribution in [2.45, 2.75) is 38.0 Å². The third-order valence-electron chi connectivity index (χ3n) is 3.11. The molecule has 0 atom stereocenters. The summed E-state index contributed by atoms with van der Waals surface area (Å²) in [5.74, 6) is -0.706. The van der Waals surface area contributed by atoms with Gasteiger partial charge >= 0.3 is 0 Å². The van der Waals surface area contributed by atoms with E-state index in [0.717, 1.165) is 31.7 Å². The quantitative estimate of drug-likeness (QED) is 0.746. The molecule has 1 aromatic carbocycles. The number of hydrogen-bond donors (Lipinski definition) is 2. The van der Waals surface area contributed by atoms with Crippen LogP contribution in [0.1, 0.15) is 43.6 Å². The van der Waals surface area contributed by atoms with Crippen molar-refractivity contribution in [2.75, 3.05) is 0 Å². The summed E-state index contributed by atoms with van der Waals surface area (Å²) in [4.78, 5) is 0. The SMILES string of the molecule is Oc1cc(O)c(C2CCCCC2)c(F)c1. The average molecular weight is 210 g/mol. The van der Waals surface area contributed by atoms with Crippen LogP contribution >= 0.6 is 0 Å². The number of hydrogen-bond acceptors (Lipinski definition) is 2. The molecule has 0 radical (unpaired) electrons. The molecule has 15 heavy (non-hydrogen) atoms. The zero-order chi connectivity index (χ0) is 10.8. The highest BCUT2D eigenvalue weighted by Crippen LogP contribution is 2.39. The number of benzene rings is 1. The Hall–Kier alpha value is -1.25. The minimum Gasteiger partial charge on any atom is -0.508 e. The van der Waals surface area contributed by atoms with Gasteiger partial charge in [0, 0.05) is 17.7 Å². The lowest BCUT2D eigenvalue weighted by Gasteiger charge is -2.23. The number of halogens is 1. The number of rotatable bonds is 1. The van der Waals surface area contributed by atoms with E-state index in [4.69, 9.17) is 5.11 Å². The average Bonchev–Trinajstić information content (AvgIpc) is 2.17. The molecular weight excluding hydrogens is 195 g/mol. The van der Waals surface area contributed by atoms with Gasteiger partial charge in [0.1, 0.15) is 17.3 Å². The Labute approximate surface area is 88.4 Å². The smallest absolute Gasteiger partial charge is 0.134 e. The first-order chi connectivity index (χ1) is 7.18. The first kappa shape index (κ1) is 10.3. The standard InChI is InChI=1S/C12H15FO2/c13-10-6-9(14)7-11(15)12(10)8-4-2-1-3-5-8/h6-8,14-15H,1-5H2. The van der Waals surface area contributed by atoms with E-state index in [1.165, 1.54) is 12.5 Å². The Morgan fingerprint density at radius 3 is 2.33 bits per heavy atom. The molecule has 0 amide bonds. The third-order valence-corrected chi connectivity index (χ3v) is 3.11. The highest BCUT2D eigenvalue weighted by molar-refractivity contribution is 5.42. The second-order valence-electron chi connectivity index (χ2n) is 4.20. The predicted molar refractivity (Wildman–Crippen MR) is 55.6 cm³/mol. The molecule has 0 saturated heterocycles. The molecule has 2 N–H and O–H groups in total. The van der Waals surface area contributed by atoms with Crippen LogP contribution in [0.2, 0.25) is 0 Å². The zero-order valence-corrected chi connectivity index (χ0v) is 8.54.